The van der Waals surface area contributed by atoms with Crippen molar-refractivity contribution in [3.8, 4) is 5.75 Å². The average molecular weight is 396 g/mol. The summed E-state index contributed by atoms with van der Waals surface area (Å²) in [5.74, 6) is 0.740. The molecule has 0 unspecified atom stereocenters. The Hall–Kier alpha value is -1.66. The highest BCUT2D eigenvalue weighted by Crippen LogP contribution is 2.16. The Bertz CT molecular complexity index is 640. The number of benzene rings is 1. The second-order valence-corrected chi connectivity index (χ2v) is 6.88. The Kier molecular flexibility index (Phi) is 6.80. The van der Waals surface area contributed by atoms with Crippen molar-refractivity contribution in [3.05, 3.63) is 51.1 Å². The first-order chi connectivity index (χ1) is 11.1. The molecular weight excluding hydrogens is 378 g/mol. The summed E-state index contributed by atoms with van der Waals surface area (Å²) in [4.78, 5) is 26.2. The summed E-state index contributed by atoms with van der Waals surface area (Å²) in [6, 6.07) is 11.2. The molecule has 4 nitrogen and oxygen atoms in total. The minimum atomic E-state index is -0.0469. The number of likely N-dealkylation sites (N-methyl/N-ethyl adjacent to an activating group) is 1. The van der Waals surface area contributed by atoms with Crippen molar-refractivity contribution in [1.82, 2.24) is 4.90 Å². The van der Waals surface area contributed by atoms with Gasteiger partial charge in [-0.15, -0.1) is 11.3 Å². The zero-order valence-electron chi connectivity index (χ0n) is 12.8. The predicted octanol–water partition coefficient (Wildman–Crippen LogP) is 4.01. The van der Waals surface area contributed by atoms with Crippen LogP contribution in [0.5, 0.6) is 5.75 Å². The number of amides is 1. The Morgan fingerprint density at radius 3 is 2.57 bits per heavy atom. The number of thiophene rings is 1. The maximum absolute atomic E-state index is 12.0. The molecule has 0 atom stereocenters. The summed E-state index contributed by atoms with van der Waals surface area (Å²) >= 11 is 4.77. The van der Waals surface area contributed by atoms with E-state index in [1.807, 2.05) is 35.7 Å². The molecule has 2 aromatic rings. The summed E-state index contributed by atoms with van der Waals surface area (Å²) in [6.07, 6.45) is 0.475. The first-order valence-electron chi connectivity index (χ1n) is 7.25. The van der Waals surface area contributed by atoms with Crippen LogP contribution >= 0.6 is 27.3 Å². The average Bonchev–Trinajstić information content (AvgIpc) is 3.08. The number of carbonyl (C=O) groups excluding carboxylic acids is 2. The van der Waals surface area contributed by atoms with Gasteiger partial charge >= 0.3 is 0 Å². The Morgan fingerprint density at radius 2 is 1.91 bits per heavy atom. The first kappa shape index (κ1) is 17.7. The molecule has 0 radical (unpaired) electrons. The standard InChI is InChI=1S/C17H18BrNO3S/c1-19(10-11-22-14-6-4-13(18)5-7-14)17(21)9-8-15(20)16-3-2-12-23-16/h2-7,12H,8-11H2,1H3. The quantitative estimate of drug-likeness (QED) is 0.634. The first-order valence-corrected chi connectivity index (χ1v) is 8.92. The third-order valence-electron chi connectivity index (χ3n) is 3.30. The van der Waals surface area contributed by atoms with E-state index >= 15 is 0 Å². The number of ketones is 1. The lowest BCUT2D eigenvalue weighted by atomic mass is 10.2. The molecule has 0 N–H and O–H groups in total. The van der Waals surface area contributed by atoms with Gasteiger partial charge in [0.15, 0.2) is 5.78 Å². The minimum absolute atomic E-state index is 0.0212. The maximum Gasteiger partial charge on any atom is 0.222 e. The highest BCUT2D eigenvalue weighted by atomic mass is 79.9. The molecule has 0 aliphatic rings. The zero-order valence-corrected chi connectivity index (χ0v) is 15.2. The molecule has 2 rings (SSSR count). The van der Waals surface area contributed by atoms with Crippen molar-refractivity contribution in [2.45, 2.75) is 12.8 Å². The number of carbonyl (C=O) groups is 2. The topological polar surface area (TPSA) is 46.6 Å². The fourth-order valence-electron chi connectivity index (χ4n) is 1.93. The second-order valence-electron chi connectivity index (χ2n) is 5.02. The van der Waals surface area contributed by atoms with E-state index in [0.717, 1.165) is 10.2 Å². The monoisotopic (exact) mass is 395 g/mol. The molecule has 0 aliphatic carbocycles. The van der Waals surface area contributed by atoms with Crippen molar-refractivity contribution >= 4 is 39.0 Å². The normalized spacial score (nSPS) is 10.3. The van der Waals surface area contributed by atoms with E-state index in [1.165, 1.54) is 11.3 Å². The molecular formula is C17H18BrNO3S. The van der Waals surface area contributed by atoms with Gasteiger partial charge in [0.05, 0.1) is 11.4 Å². The van der Waals surface area contributed by atoms with E-state index in [0.29, 0.717) is 18.0 Å². The van der Waals surface area contributed by atoms with Crippen LogP contribution in [0.3, 0.4) is 0 Å². The van der Waals surface area contributed by atoms with Gasteiger partial charge in [-0.05, 0) is 35.7 Å². The van der Waals surface area contributed by atoms with Gasteiger partial charge in [-0.3, -0.25) is 9.59 Å². The third kappa shape index (κ3) is 5.80. The number of halogens is 1. The third-order valence-corrected chi connectivity index (χ3v) is 4.74. The molecule has 0 aliphatic heterocycles. The van der Waals surface area contributed by atoms with Crippen LogP contribution in [0.2, 0.25) is 0 Å². The summed E-state index contributed by atoms with van der Waals surface area (Å²) in [5, 5.41) is 1.86. The Morgan fingerprint density at radius 1 is 1.17 bits per heavy atom. The van der Waals surface area contributed by atoms with E-state index in [4.69, 9.17) is 4.74 Å². The van der Waals surface area contributed by atoms with Crippen molar-refractivity contribution < 1.29 is 14.3 Å². The Labute approximate surface area is 148 Å². The van der Waals surface area contributed by atoms with Gasteiger partial charge in [0.25, 0.3) is 0 Å². The maximum atomic E-state index is 12.0. The molecule has 0 bridgehead atoms. The SMILES string of the molecule is CN(CCOc1ccc(Br)cc1)C(=O)CCC(=O)c1cccs1. The highest BCUT2D eigenvalue weighted by molar-refractivity contribution is 9.10. The van der Waals surface area contributed by atoms with E-state index in [-0.39, 0.29) is 24.5 Å². The smallest absolute Gasteiger partial charge is 0.222 e. The fourth-order valence-corrected chi connectivity index (χ4v) is 2.89. The molecule has 23 heavy (non-hydrogen) atoms. The van der Waals surface area contributed by atoms with Gasteiger partial charge in [0, 0.05) is 24.4 Å². The number of nitrogens with zero attached hydrogens (tertiary/aromatic N) is 1. The molecule has 1 aromatic heterocycles. The summed E-state index contributed by atoms with van der Waals surface area (Å²) < 4.78 is 6.58. The van der Waals surface area contributed by atoms with E-state index in [9.17, 15) is 9.59 Å². The summed E-state index contributed by atoms with van der Waals surface area (Å²) in [7, 11) is 1.73. The minimum Gasteiger partial charge on any atom is -0.492 e. The lowest BCUT2D eigenvalue weighted by Gasteiger charge is -2.17. The van der Waals surface area contributed by atoms with Crippen molar-refractivity contribution in [3.63, 3.8) is 0 Å². The predicted molar refractivity (Wildman–Crippen MR) is 95.2 cm³/mol. The molecule has 1 amide bonds. The van der Waals surface area contributed by atoms with E-state index in [2.05, 4.69) is 15.9 Å². The molecule has 122 valence electrons. The van der Waals surface area contributed by atoms with Crippen molar-refractivity contribution in [1.29, 1.82) is 0 Å². The molecule has 1 heterocycles. The summed E-state index contributed by atoms with van der Waals surface area (Å²) in [5.41, 5.74) is 0. The van der Waals surface area contributed by atoms with Crippen LogP contribution in [0.15, 0.2) is 46.3 Å². The van der Waals surface area contributed by atoms with Gasteiger partial charge in [0.2, 0.25) is 5.91 Å². The lowest BCUT2D eigenvalue weighted by molar-refractivity contribution is -0.130. The molecule has 1 aromatic carbocycles. The van der Waals surface area contributed by atoms with Crippen molar-refractivity contribution in [2.75, 3.05) is 20.2 Å². The van der Waals surface area contributed by atoms with Crippen LogP contribution in [0, 0.1) is 0 Å². The lowest BCUT2D eigenvalue weighted by Crippen LogP contribution is -2.31. The van der Waals surface area contributed by atoms with Crippen LogP contribution in [-0.2, 0) is 4.79 Å². The summed E-state index contributed by atoms with van der Waals surface area (Å²) in [6.45, 7) is 0.908. The van der Waals surface area contributed by atoms with Crippen LogP contribution in [0.25, 0.3) is 0 Å². The number of ether oxygens (including phenoxy) is 1. The number of Topliss-reactive ketones (excluding diaryl/α,β-unsaturated/α-hetero) is 1. The molecule has 0 spiro atoms. The van der Waals surface area contributed by atoms with Gasteiger partial charge in [0.1, 0.15) is 12.4 Å². The number of rotatable bonds is 8. The highest BCUT2D eigenvalue weighted by Gasteiger charge is 2.13. The fraction of sp³-hybridized carbons (Fsp3) is 0.294. The van der Waals surface area contributed by atoms with Crippen LogP contribution < -0.4 is 4.74 Å². The number of hydrogen-bond donors (Lipinski definition) is 0. The molecule has 6 heteroatoms. The number of hydrogen-bond acceptors (Lipinski definition) is 4. The largest absolute Gasteiger partial charge is 0.492 e. The van der Waals surface area contributed by atoms with E-state index in [1.54, 1.807) is 18.0 Å². The molecule has 0 saturated carbocycles. The van der Waals surface area contributed by atoms with Crippen LogP contribution in [-0.4, -0.2) is 36.8 Å². The molecule has 0 fully saturated rings. The van der Waals surface area contributed by atoms with Crippen LogP contribution in [0.4, 0.5) is 0 Å². The van der Waals surface area contributed by atoms with Gasteiger partial charge in [-0.25, -0.2) is 0 Å². The van der Waals surface area contributed by atoms with Crippen LogP contribution in [0.1, 0.15) is 22.5 Å². The molecule has 0 saturated heterocycles. The van der Waals surface area contributed by atoms with E-state index < -0.39 is 0 Å². The van der Waals surface area contributed by atoms with Gasteiger partial charge in [-0.2, -0.15) is 0 Å². The Balaban J connectivity index is 1.68. The van der Waals surface area contributed by atoms with Crippen molar-refractivity contribution in [2.24, 2.45) is 0 Å². The van der Waals surface area contributed by atoms with Gasteiger partial charge < -0.3 is 9.64 Å². The van der Waals surface area contributed by atoms with Gasteiger partial charge in [-0.1, -0.05) is 22.0 Å². The second kappa shape index (κ2) is 8.84. The zero-order chi connectivity index (χ0) is 16.7.